The number of aryl methyl sites for hydroxylation is 2. The van der Waals surface area contributed by atoms with Gasteiger partial charge in [-0.25, -0.2) is 27.3 Å². The van der Waals surface area contributed by atoms with Crippen molar-refractivity contribution in [2.75, 3.05) is 24.7 Å². The number of nitrogens with one attached hydrogen (secondary N) is 1. The molecule has 194 valence electrons. The van der Waals surface area contributed by atoms with E-state index in [0.717, 1.165) is 17.0 Å². The highest BCUT2D eigenvalue weighted by molar-refractivity contribution is 7.92. The molecule has 1 aromatic carbocycles. The van der Waals surface area contributed by atoms with E-state index in [1.807, 2.05) is 0 Å². The van der Waals surface area contributed by atoms with Crippen LogP contribution in [0.2, 0.25) is 0 Å². The monoisotopic (exact) mass is 531 g/mol. The van der Waals surface area contributed by atoms with Crippen LogP contribution in [0, 0.1) is 12.7 Å². The maximum Gasteiger partial charge on any atom is 0.287 e. The number of ether oxygens (including phenoxy) is 2. The number of anilines is 1. The van der Waals surface area contributed by atoms with Gasteiger partial charge >= 0.3 is 0 Å². The Labute approximate surface area is 210 Å². The number of benzene rings is 1. The molecule has 0 radical (unpaired) electrons. The molecule has 0 aliphatic carbocycles. The summed E-state index contributed by atoms with van der Waals surface area (Å²) in [5.74, 6) is -1.10. The second-order valence-corrected chi connectivity index (χ2v) is 9.53. The summed E-state index contributed by atoms with van der Waals surface area (Å²) in [4.78, 5) is 25.2. The fraction of sp³-hybridized carbons (Fsp3) is 0.217. The smallest absolute Gasteiger partial charge is 0.287 e. The first-order valence-electron chi connectivity index (χ1n) is 10.7. The second-order valence-electron chi connectivity index (χ2n) is 7.68. The van der Waals surface area contributed by atoms with Gasteiger partial charge in [0.05, 0.1) is 32.4 Å². The van der Waals surface area contributed by atoms with E-state index in [1.54, 1.807) is 37.3 Å². The van der Waals surface area contributed by atoms with Crippen molar-refractivity contribution in [3.05, 3.63) is 70.5 Å². The molecule has 3 heterocycles. The fourth-order valence-electron chi connectivity index (χ4n) is 3.48. The average Bonchev–Trinajstić information content (AvgIpc) is 3.31. The minimum atomic E-state index is -4.21. The average molecular weight is 532 g/mol. The van der Waals surface area contributed by atoms with Crippen molar-refractivity contribution in [1.29, 1.82) is 0 Å². The van der Waals surface area contributed by atoms with Crippen molar-refractivity contribution in [2.24, 2.45) is 0 Å². The number of halogens is 1. The molecule has 0 saturated carbocycles. The first kappa shape index (κ1) is 25.6. The van der Waals surface area contributed by atoms with Crippen LogP contribution in [-0.2, 0) is 16.4 Å². The number of methoxy groups -OCH3 is 2. The van der Waals surface area contributed by atoms with Crippen LogP contribution in [-0.4, -0.2) is 53.0 Å². The van der Waals surface area contributed by atoms with Crippen LogP contribution in [0.1, 0.15) is 11.6 Å². The lowest BCUT2D eigenvalue weighted by atomic mass is 10.2. The number of hydrogen-bond acceptors (Lipinski definition) is 10. The molecular formula is C23H22FN5O7S. The third-order valence-corrected chi connectivity index (χ3v) is 6.43. The van der Waals surface area contributed by atoms with E-state index in [9.17, 15) is 22.7 Å². The molecule has 0 fully saturated rings. The van der Waals surface area contributed by atoms with E-state index in [-0.39, 0.29) is 41.0 Å². The van der Waals surface area contributed by atoms with Crippen LogP contribution < -0.4 is 19.8 Å². The topological polar surface area (TPSA) is 159 Å². The summed E-state index contributed by atoms with van der Waals surface area (Å²) in [7, 11) is -1.45. The molecule has 0 bridgehead atoms. The molecule has 37 heavy (non-hydrogen) atoms. The Hall–Kier alpha value is -4.46. The van der Waals surface area contributed by atoms with Crippen molar-refractivity contribution in [3.63, 3.8) is 0 Å². The first-order valence-corrected chi connectivity index (χ1v) is 12.4. The second kappa shape index (κ2) is 10.3. The fourth-order valence-corrected chi connectivity index (χ4v) is 4.52. The molecule has 3 aromatic heterocycles. The normalized spacial score (nSPS) is 11.4. The van der Waals surface area contributed by atoms with Crippen LogP contribution >= 0.6 is 0 Å². The van der Waals surface area contributed by atoms with Gasteiger partial charge in [-0.3, -0.25) is 9.52 Å². The van der Waals surface area contributed by atoms with Gasteiger partial charge in [-0.05, 0) is 31.2 Å². The van der Waals surface area contributed by atoms with Gasteiger partial charge in [0.1, 0.15) is 28.8 Å². The van der Waals surface area contributed by atoms with E-state index in [2.05, 4.69) is 19.7 Å². The molecule has 0 aliphatic rings. The number of para-hydroxylation sites is 1. The van der Waals surface area contributed by atoms with E-state index in [0.29, 0.717) is 5.76 Å². The van der Waals surface area contributed by atoms with Gasteiger partial charge in [-0.1, -0.05) is 6.07 Å². The summed E-state index contributed by atoms with van der Waals surface area (Å²) < 4.78 is 58.2. The molecule has 0 unspecified atom stereocenters. The SMILES string of the molecule is COc1cccc(OC)c1-n1c(-c2ccc(C)o2)nc(O)c(NS(=O)(=O)CCc2ncc(F)cn2)c1=O. The van der Waals surface area contributed by atoms with Gasteiger partial charge in [-0.15, -0.1) is 0 Å². The summed E-state index contributed by atoms with van der Waals surface area (Å²) in [6.07, 6.45) is 1.64. The van der Waals surface area contributed by atoms with Crippen LogP contribution in [0.25, 0.3) is 17.3 Å². The Balaban J connectivity index is 1.84. The van der Waals surface area contributed by atoms with Gasteiger partial charge in [0.2, 0.25) is 15.9 Å². The predicted octanol–water partition coefficient (Wildman–Crippen LogP) is 2.44. The first-order chi connectivity index (χ1) is 17.6. The van der Waals surface area contributed by atoms with Crippen molar-refractivity contribution >= 4 is 15.7 Å². The lowest BCUT2D eigenvalue weighted by Gasteiger charge is -2.19. The van der Waals surface area contributed by atoms with Gasteiger partial charge in [0.15, 0.2) is 23.1 Å². The number of furan rings is 1. The summed E-state index contributed by atoms with van der Waals surface area (Å²) >= 11 is 0. The molecule has 12 nitrogen and oxygen atoms in total. The standard InChI is InChI=1S/C23H22FN5O7S/c1-13-7-8-17(36-13)21-27-22(30)19(28-37(32,33)10-9-18-25-11-14(24)12-26-18)23(31)29(21)20-15(34-2)5-4-6-16(20)35-3/h4-8,11-12,28,30H,9-10H2,1-3H3. The number of aromatic nitrogens is 4. The summed E-state index contributed by atoms with van der Waals surface area (Å²) in [5, 5.41) is 10.6. The molecule has 0 amide bonds. The largest absolute Gasteiger partial charge is 0.494 e. The van der Waals surface area contributed by atoms with E-state index >= 15 is 0 Å². The third-order valence-electron chi connectivity index (χ3n) is 5.18. The van der Waals surface area contributed by atoms with Gasteiger partial charge in [0.25, 0.3) is 5.56 Å². The van der Waals surface area contributed by atoms with Crippen molar-refractivity contribution in [3.8, 4) is 34.7 Å². The highest BCUT2D eigenvalue weighted by atomic mass is 32.2. The molecule has 0 aliphatic heterocycles. The number of hydrogen-bond donors (Lipinski definition) is 2. The number of rotatable bonds is 9. The van der Waals surface area contributed by atoms with E-state index < -0.39 is 38.7 Å². The highest BCUT2D eigenvalue weighted by Crippen LogP contribution is 2.36. The summed E-state index contributed by atoms with van der Waals surface area (Å²) in [6, 6.07) is 7.96. The molecule has 4 aromatic rings. The molecule has 2 N–H and O–H groups in total. The van der Waals surface area contributed by atoms with Gasteiger partial charge in [0, 0.05) is 6.42 Å². The Morgan fingerprint density at radius 3 is 2.32 bits per heavy atom. The summed E-state index contributed by atoms with van der Waals surface area (Å²) in [6.45, 7) is 1.68. The van der Waals surface area contributed by atoms with Crippen LogP contribution in [0.3, 0.4) is 0 Å². The zero-order chi connectivity index (χ0) is 26.7. The van der Waals surface area contributed by atoms with Gasteiger partial charge in [-0.2, -0.15) is 4.98 Å². The Morgan fingerprint density at radius 1 is 1.11 bits per heavy atom. The lowest BCUT2D eigenvalue weighted by Crippen LogP contribution is -2.29. The van der Waals surface area contributed by atoms with Crippen molar-refractivity contribution < 1.29 is 31.8 Å². The molecular weight excluding hydrogens is 509 g/mol. The van der Waals surface area contributed by atoms with Crippen molar-refractivity contribution in [1.82, 2.24) is 19.5 Å². The highest BCUT2D eigenvalue weighted by Gasteiger charge is 2.27. The molecule has 0 atom stereocenters. The number of nitrogens with zero attached hydrogens (tertiary/aromatic N) is 4. The molecule has 14 heteroatoms. The van der Waals surface area contributed by atoms with E-state index in [4.69, 9.17) is 13.9 Å². The predicted molar refractivity (Wildman–Crippen MR) is 130 cm³/mol. The number of sulfonamides is 1. The quantitative estimate of drug-likeness (QED) is 0.328. The van der Waals surface area contributed by atoms with Crippen LogP contribution in [0.4, 0.5) is 10.1 Å². The zero-order valence-electron chi connectivity index (χ0n) is 19.9. The maximum absolute atomic E-state index is 13.7. The number of aromatic hydroxyl groups is 1. The van der Waals surface area contributed by atoms with Crippen molar-refractivity contribution in [2.45, 2.75) is 13.3 Å². The lowest BCUT2D eigenvalue weighted by molar-refractivity contribution is 0.389. The zero-order valence-corrected chi connectivity index (χ0v) is 20.7. The van der Waals surface area contributed by atoms with Crippen LogP contribution in [0.5, 0.6) is 17.4 Å². The van der Waals surface area contributed by atoms with E-state index in [1.165, 1.54) is 14.2 Å². The minimum absolute atomic E-state index is 0.0776. The Kier molecular flexibility index (Phi) is 7.11. The molecule has 4 rings (SSSR count). The summed E-state index contributed by atoms with van der Waals surface area (Å²) in [5.41, 5.74) is -1.57. The molecule has 0 saturated heterocycles. The molecule has 0 spiro atoms. The Morgan fingerprint density at radius 2 is 1.76 bits per heavy atom. The minimum Gasteiger partial charge on any atom is -0.494 e. The van der Waals surface area contributed by atoms with Gasteiger partial charge < -0.3 is 19.0 Å². The third kappa shape index (κ3) is 5.38. The van der Waals surface area contributed by atoms with Crippen LogP contribution in [0.15, 0.2) is 51.9 Å². The maximum atomic E-state index is 13.7. The Bertz CT molecular complexity index is 1580.